The quantitative estimate of drug-likeness (QED) is 0.621. The van der Waals surface area contributed by atoms with Crippen molar-refractivity contribution in [3.63, 3.8) is 0 Å². The molecule has 1 aliphatic heterocycles. The van der Waals surface area contributed by atoms with E-state index in [4.69, 9.17) is 9.26 Å². The molecular weight excluding hydrogens is 324 g/mol. The van der Waals surface area contributed by atoms with E-state index in [1.165, 1.54) is 12.1 Å². The molecule has 4 rings (SSSR count). The Balaban J connectivity index is 1.56. The Kier molecular flexibility index (Phi) is 3.54. The minimum Gasteiger partial charge on any atom is -0.377 e. The van der Waals surface area contributed by atoms with Gasteiger partial charge in [-0.2, -0.15) is 4.98 Å². The number of nitro benzene ring substituents is 1. The lowest BCUT2D eigenvalue weighted by molar-refractivity contribution is -0.384. The van der Waals surface area contributed by atoms with Gasteiger partial charge in [-0.05, 0) is 18.6 Å². The van der Waals surface area contributed by atoms with Crippen LogP contribution in [0.2, 0.25) is 0 Å². The fraction of sp³-hybridized carbons (Fsp3) is 0.529. The molecule has 25 heavy (non-hydrogen) atoms. The lowest BCUT2D eigenvalue weighted by atomic mass is 9.57. The minimum atomic E-state index is -0.433. The molecule has 1 aliphatic carbocycles. The first-order chi connectivity index (χ1) is 11.9. The van der Waals surface area contributed by atoms with Gasteiger partial charge in [0.05, 0.1) is 11.0 Å². The zero-order chi connectivity index (χ0) is 17.8. The molecule has 8 nitrogen and oxygen atoms in total. The van der Waals surface area contributed by atoms with E-state index in [0.29, 0.717) is 23.3 Å². The molecule has 0 radical (unpaired) electrons. The molecule has 0 spiro atoms. The number of anilines is 1. The van der Waals surface area contributed by atoms with E-state index < -0.39 is 4.92 Å². The second kappa shape index (κ2) is 5.52. The van der Waals surface area contributed by atoms with Gasteiger partial charge >= 0.3 is 6.01 Å². The molecule has 1 aromatic carbocycles. The lowest BCUT2D eigenvalue weighted by Gasteiger charge is -2.57. The number of nitrogens with zero attached hydrogens (tertiary/aromatic N) is 4. The summed E-state index contributed by atoms with van der Waals surface area (Å²) in [6, 6.07) is 6.86. The van der Waals surface area contributed by atoms with Gasteiger partial charge in [0.2, 0.25) is 5.82 Å². The maximum absolute atomic E-state index is 10.7. The fourth-order valence-corrected chi connectivity index (χ4v) is 4.41. The third-order valence-corrected chi connectivity index (χ3v) is 5.51. The molecular formula is C17H20N4O4. The Labute approximate surface area is 144 Å². The molecule has 1 saturated carbocycles. The van der Waals surface area contributed by atoms with Crippen molar-refractivity contribution in [2.24, 2.45) is 11.3 Å². The average Bonchev–Trinajstić information content (AvgIpc) is 3.23. The SMILES string of the molecule is CN(c1nc(-c2ccc([N+](=O)[O-])cc2)no1)[C@@H]1[C@H]2CCO[C@H]2C1(C)C. The van der Waals surface area contributed by atoms with Crippen molar-refractivity contribution < 1.29 is 14.2 Å². The van der Waals surface area contributed by atoms with Crippen LogP contribution in [-0.4, -0.2) is 40.9 Å². The van der Waals surface area contributed by atoms with E-state index in [1.807, 2.05) is 11.9 Å². The molecule has 0 N–H and O–H groups in total. The van der Waals surface area contributed by atoms with Gasteiger partial charge in [0.1, 0.15) is 0 Å². The van der Waals surface area contributed by atoms with Crippen molar-refractivity contribution in [2.45, 2.75) is 32.4 Å². The van der Waals surface area contributed by atoms with Crippen molar-refractivity contribution in [1.82, 2.24) is 10.1 Å². The molecule has 0 unspecified atom stereocenters. The smallest absolute Gasteiger partial charge is 0.324 e. The number of non-ortho nitro benzene ring substituents is 1. The van der Waals surface area contributed by atoms with Gasteiger partial charge in [0.15, 0.2) is 0 Å². The van der Waals surface area contributed by atoms with Gasteiger partial charge in [-0.15, -0.1) is 0 Å². The second-order valence-electron chi connectivity index (χ2n) is 7.33. The predicted octanol–water partition coefficient (Wildman–Crippen LogP) is 2.89. The van der Waals surface area contributed by atoms with E-state index in [-0.39, 0.29) is 23.2 Å². The minimum absolute atomic E-state index is 0.0257. The number of nitro groups is 1. The first-order valence-electron chi connectivity index (χ1n) is 8.32. The number of hydrogen-bond donors (Lipinski definition) is 0. The van der Waals surface area contributed by atoms with Crippen molar-refractivity contribution >= 4 is 11.7 Å². The summed E-state index contributed by atoms with van der Waals surface area (Å²) >= 11 is 0. The van der Waals surface area contributed by atoms with Crippen molar-refractivity contribution in [2.75, 3.05) is 18.6 Å². The zero-order valence-electron chi connectivity index (χ0n) is 14.4. The fourth-order valence-electron chi connectivity index (χ4n) is 4.41. The van der Waals surface area contributed by atoms with Crippen LogP contribution in [0.25, 0.3) is 11.4 Å². The highest BCUT2D eigenvalue weighted by Gasteiger charge is 2.61. The number of hydrogen-bond acceptors (Lipinski definition) is 7. The summed E-state index contributed by atoms with van der Waals surface area (Å²) in [4.78, 5) is 16.8. The number of rotatable bonds is 4. The van der Waals surface area contributed by atoms with Crippen LogP contribution in [-0.2, 0) is 4.74 Å². The molecule has 0 bridgehead atoms. The third-order valence-electron chi connectivity index (χ3n) is 5.51. The molecule has 1 aromatic heterocycles. The van der Waals surface area contributed by atoms with E-state index >= 15 is 0 Å². The zero-order valence-corrected chi connectivity index (χ0v) is 14.4. The lowest BCUT2D eigenvalue weighted by Crippen LogP contribution is -2.66. The van der Waals surface area contributed by atoms with E-state index in [1.54, 1.807) is 12.1 Å². The van der Waals surface area contributed by atoms with Crippen LogP contribution in [0.5, 0.6) is 0 Å². The highest BCUT2D eigenvalue weighted by molar-refractivity contribution is 5.58. The van der Waals surface area contributed by atoms with Crippen LogP contribution >= 0.6 is 0 Å². The molecule has 132 valence electrons. The Morgan fingerprint density at radius 2 is 2.04 bits per heavy atom. The number of ether oxygens (including phenoxy) is 1. The Hall–Kier alpha value is -2.48. The molecule has 3 atom stereocenters. The van der Waals surface area contributed by atoms with E-state index in [2.05, 4.69) is 24.0 Å². The molecule has 2 aliphatic rings. The molecule has 2 fully saturated rings. The molecule has 2 heterocycles. The Morgan fingerprint density at radius 1 is 1.32 bits per heavy atom. The summed E-state index contributed by atoms with van der Waals surface area (Å²) in [7, 11) is 1.97. The molecule has 1 saturated heterocycles. The van der Waals surface area contributed by atoms with Crippen molar-refractivity contribution in [1.29, 1.82) is 0 Å². The monoisotopic (exact) mass is 344 g/mol. The normalized spacial score (nSPS) is 26.8. The largest absolute Gasteiger partial charge is 0.377 e. The second-order valence-corrected chi connectivity index (χ2v) is 7.33. The summed E-state index contributed by atoms with van der Waals surface area (Å²) < 4.78 is 11.3. The van der Waals surface area contributed by atoms with Gasteiger partial charge in [-0.1, -0.05) is 19.0 Å². The number of benzene rings is 1. The van der Waals surface area contributed by atoms with Gasteiger partial charge in [-0.3, -0.25) is 10.1 Å². The van der Waals surface area contributed by atoms with Crippen LogP contribution in [0.4, 0.5) is 11.7 Å². The summed E-state index contributed by atoms with van der Waals surface area (Å²) in [6.45, 7) is 5.21. The van der Waals surface area contributed by atoms with Crippen LogP contribution in [0.1, 0.15) is 20.3 Å². The molecule has 2 aromatic rings. The third kappa shape index (κ3) is 2.39. The molecule has 8 heteroatoms. The summed E-state index contributed by atoms with van der Waals surface area (Å²) in [5, 5.41) is 14.8. The summed E-state index contributed by atoms with van der Waals surface area (Å²) in [5.74, 6) is 0.905. The Bertz CT molecular complexity index is 801. The highest BCUT2D eigenvalue weighted by Crippen LogP contribution is 2.54. The van der Waals surface area contributed by atoms with Gasteiger partial charge in [-0.25, -0.2) is 0 Å². The maximum atomic E-state index is 10.7. The summed E-state index contributed by atoms with van der Waals surface area (Å²) in [5.41, 5.74) is 0.745. The van der Waals surface area contributed by atoms with Crippen LogP contribution in [0.15, 0.2) is 28.8 Å². The summed E-state index contributed by atoms with van der Waals surface area (Å²) in [6.07, 6.45) is 1.34. The highest BCUT2D eigenvalue weighted by atomic mass is 16.6. The standard InChI is InChI=1S/C17H20N4O4/c1-17(2)13(12-8-9-24-14(12)17)20(3)16-18-15(19-25-16)10-4-6-11(7-5-10)21(22)23/h4-7,12-14H,8-9H2,1-3H3/t12-,13-,14-/m1/s1. The topological polar surface area (TPSA) is 94.5 Å². The van der Waals surface area contributed by atoms with Gasteiger partial charge in [0, 0.05) is 48.7 Å². The van der Waals surface area contributed by atoms with Crippen LogP contribution in [0, 0.1) is 21.4 Å². The predicted molar refractivity (Wildman–Crippen MR) is 90.2 cm³/mol. The van der Waals surface area contributed by atoms with Crippen LogP contribution in [0.3, 0.4) is 0 Å². The van der Waals surface area contributed by atoms with Gasteiger partial charge in [0.25, 0.3) is 5.69 Å². The number of fused-ring (bicyclic) bond motifs is 1. The van der Waals surface area contributed by atoms with Crippen molar-refractivity contribution in [3.8, 4) is 11.4 Å². The first kappa shape index (κ1) is 16.0. The Morgan fingerprint density at radius 3 is 2.72 bits per heavy atom. The van der Waals surface area contributed by atoms with E-state index in [0.717, 1.165) is 13.0 Å². The number of aromatic nitrogens is 2. The van der Waals surface area contributed by atoms with Crippen molar-refractivity contribution in [3.05, 3.63) is 34.4 Å². The van der Waals surface area contributed by atoms with Gasteiger partial charge < -0.3 is 14.2 Å². The molecule has 0 amide bonds. The maximum Gasteiger partial charge on any atom is 0.324 e. The van der Waals surface area contributed by atoms with E-state index in [9.17, 15) is 10.1 Å². The average molecular weight is 344 g/mol. The van der Waals surface area contributed by atoms with Crippen LogP contribution < -0.4 is 4.90 Å². The first-order valence-corrected chi connectivity index (χ1v) is 8.32.